The Balaban J connectivity index is 1.90. The van der Waals surface area contributed by atoms with E-state index >= 15 is 0 Å². The minimum atomic E-state index is -2.91. The van der Waals surface area contributed by atoms with Crippen LogP contribution in [0.5, 0.6) is 5.75 Å². The van der Waals surface area contributed by atoms with Crippen LogP contribution in [0.1, 0.15) is 30.5 Å². The van der Waals surface area contributed by atoms with Gasteiger partial charge in [0, 0.05) is 25.2 Å². The van der Waals surface area contributed by atoms with Gasteiger partial charge in [0.25, 0.3) is 0 Å². The fraction of sp³-hybridized carbons (Fsp3) is 0.381. The molecule has 2 N–H and O–H groups in total. The second-order valence-corrected chi connectivity index (χ2v) is 6.25. The van der Waals surface area contributed by atoms with Crippen LogP contribution in [0.15, 0.2) is 48.5 Å². The van der Waals surface area contributed by atoms with Crippen LogP contribution in [-0.2, 0) is 19.6 Å². The highest BCUT2D eigenvalue weighted by Gasteiger charge is 2.11. The molecule has 0 radical (unpaired) electrons. The second-order valence-electron chi connectivity index (χ2n) is 6.25. The van der Waals surface area contributed by atoms with Crippen molar-refractivity contribution in [2.75, 3.05) is 13.1 Å². The van der Waals surface area contributed by atoms with Gasteiger partial charge in [-0.05, 0) is 30.3 Å². The first-order valence-corrected chi connectivity index (χ1v) is 9.37. The molecule has 0 saturated carbocycles. The maximum absolute atomic E-state index is 12.5. The van der Waals surface area contributed by atoms with E-state index in [9.17, 15) is 13.6 Å². The number of carbonyl (C=O) groups is 1. The van der Waals surface area contributed by atoms with E-state index in [0.717, 1.165) is 25.2 Å². The summed E-state index contributed by atoms with van der Waals surface area (Å²) in [5, 5.41) is 5.50. The molecule has 2 rings (SSSR count). The molecule has 2 amide bonds. The van der Waals surface area contributed by atoms with Gasteiger partial charge in [-0.3, -0.25) is 4.90 Å². The molecule has 0 aromatic heterocycles. The molecule has 0 fully saturated rings. The third-order valence-corrected chi connectivity index (χ3v) is 4.47. The predicted molar refractivity (Wildman–Crippen MR) is 105 cm³/mol. The zero-order chi connectivity index (χ0) is 20.4. The van der Waals surface area contributed by atoms with Crippen molar-refractivity contribution < 1.29 is 18.3 Å². The van der Waals surface area contributed by atoms with Crippen LogP contribution < -0.4 is 15.4 Å². The number of hydrogen-bond acceptors (Lipinski definition) is 3. The molecule has 0 bridgehead atoms. The highest BCUT2D eigenvalue weighted by atomic mass is 19.3. The molecule has 0 aliphatic carbocycles. The topological polar surface area (TPSA) is 53.6 Å². The first-order chi connectivity index (χ1) is 13.5. The van der Waals surface area contributed by atoms with E-state index in [1.54, 1.807) is 18.2 Å². The zero-order valence-corrected chi connectivity index (χ0v) is 16.3. The molecule has 0 aliphatic heterocycles. The average Bonchev–Trinajstić information content (AvgIpc) is 2.70. The number of nitrogens with zero attached hydrogens (tertiary/aromatic N) is 1. The fourth-order valence-corrected chi connectivity index (χ4v) is 2.85. The number of benzene rings is 2. The SMILES string of the molecule is CCN(CC)Cc1ccccc1CNC(=O)NCc1ccccc1OC(F)F. The number of ether oxygens (including phenoxy) is 1. The summed E-state index contributed by atoms with van der Waals surface area (Å²) in [4.78, 5) is 14.5. The van der Waals surface area contributed by atoms with Crippen molar-refractivity contribution in [2.24, 2.45) is 0 Å². The summed E-state index contributed by atoms with van der Waals surface area (Å²) in [5.74, 6) is 0.0577. The molecular formula is C21H27F2N3O2. The van der Waals surface area contributed by atoms with Crippen molar-refractivity contribution in [3.8, 4) is 5.75 Å². The molecule has 152 valence electrons. The molecule has 5 nitrogen and oxygen atoms in total. The molecule has 0 aliphatic rings. The largest absolute Gasteiger partial charge is 0.434 e. The summed E-state index contributed by atoms with van der Waals surface area (Å²) in [5.41, 5.74) is 2.70. The first kappa shape index (κ1) is 21.6. The molecular weight excluding hydrogens is 364 g/mol. The third-order valence-electron chi connectivity index (χ3n) is 4.47. The van der Waals surface area contributed by atoms with Gasteiger partial charge < -0.3 is 15.4 Å². The van der Waals surface area contributed by atoms with E-state index in [4.69, 9.17) is 0 Å². The Morgan fingerprint density at radius 2 is 1.46 bits per heavy atom. The Hall–Kier alpha value is -2.67. The van der Waals surface area contributed by atoms with Gasteiger partial charge in [0.2, 0.25) is 0 Å². The van der Waals surface area contributed by atoms with Crippen LogP contribution >= 0.6 is 0 Å². The van der Waals surface area contributed by atoms with Crippen LogP contribution in [0.2, 0.25) is 0 Å². The highest BCUT2D eigenvalue weighted by Crippen LogP contribution is 2.20. The number of nitrogens with one attached hydrogen (secondary N) is 2. The highest BCUT2D eigenvalue weighted by molar-refractivity contribution is 5.74. The van der Waals surface area contributed by atoms with E-state index in [1.807, 2.05) is 18.2 Å². The number of amides is 2. The van der Waals surface area contributed by atoms with E-state index in [-0.39, 0.29) is 18.3 Å². The summed E-state index contributed by atoms with van der Waals surface area (Å²) >= 11 is 0. The summed E-state index contributed by atoms with van der Waals surface area (Å²) in [6.45, 7) is 4.55. The van der Waals surface area contributed by atoms with E-state index in [2.05, 4.69) is 40.2 Å². The molecule has 0 atom stereocenters. The number of urea groups is 1. The van der Waals surface area contributed by atoms with Crippen LogP contribution in [0.25, 0.3) is 0 Å². The van der Waals surface area contributed by atoms with Crippen molar-refractivity contribution in [1.82, 2.24) is 15.5 Å². The fourth-order valence-electron chi connectivity index (χ4n) is 2.85. The summed E-state index contributed by atoms with van der Waals surface area (Å²) in [6.07, 6.45) is 0. The summed E-state index contributed by atoms with van der Waals surface area (Å²) < 4.78 is 29.4. The lowest BCUT2D eigenvalue weighted by Crippen LogP contribution is -2.35. The number of para-hydroxylation sites is 1. The lowest BCUT2D eigenvalue weighted by atomic mass is 10.1. The van der Waals surface area contributed by atoms with Gasteiger partial charge in [-0.1, -0.05) is 56.3 Å². The Kier molecular flexibility index (Phi) is 8.68. The van der Waals surface area contributed by atoms with Crippen molar-refractivity contribution >= 4 is 6.03 Å². The van der Waals surface area contributed by atoms with Crippen LogP contribution in [0, 0.1) is 0 Å². The first-order valence-electron chi connectivity index (χ1n) is 9.37. The van der Waals surface area contributed by atoms with Crippen LogP contribution in [0.3, 0.4) is 0 Å². The summed E-state index contributed by atoms with van der Waals surface area (Å²) in [6, 6.07) is 14.0. The normalized spacial score (nSPS) is 10.9. The van der Waals surface area contributed by atoms with Crippen molar-refractivity contribution in [1.29, 1.82) is 0 Å². The number of alkyl halides is 2. The number of halogens is 2. The van der Waals surface area contributed by atoms with Gasteiger partial charge in [0.1, 0.15) is 5.75 Å². The molecule has 0 saturated heterocycles. The van der Waals surface area contributed by atoms with E-state index in [0.29, 0.717) is 12.1 Å². The molecule has 7 heteroatoms. The maximum Gasteiger partial charge on any atom is 0.387 e. The third kappa shape index (κ3) is 6.81. The minimum absolute atomic E-state index is 0.0577. The van der Waals surface area contributed by atoms with Crippen LogP contribution in [0.4, 0.5) is 13.6 Å². The lowest BCUT2D eigenvalue weighted by Gasteiger charge is -2.20. The van der Waals surface area contributed by atoms with Gasteiger partial charge in [-0.15, -0.1) is 0 Å². The standard InChI is InChI=1S/C21H27F2N3O2/c1-3-26(4-2)15-18-11-6-5-9-16(18)13-24-21(27)25-14-17-10-7-8-12-19(17)28-20(22)23/h5-12,20H,3-4,13-15H2,1-2H3,(H2,24,25,27). The Labute approximate surface area is 164 Å². The van der Waals surface area contributed by atoms with Gasteiger partial charge in [0.15, 0.2) is 0 Å². The van der Waals surface area contributed by atoms with Crippen LogP contribution in [-0.4, -0.2) is 30.6 Å². The monoisotopic (exact) mass is 391 g/mol. The zero-order valence-electron chi connectivity index (χ0n) is 16.3. The average molecular weight is 391 g/mol. The quantitative estimate of drug-likeness (QED) is 0.640. The Morgan fingerprint density at radius 1 is 0.929 bits per heavy atom. The molecule has 0 spiro atoms. The van der Waals surface area contributed by atoms with Gasteiger partial charge in [-0.2, -0.15) is 8.78 Å². The molecule has 0 heterocycles. The van der Waals surface area contributed by atoms with Gasteiger partial charge >= 0.3 is 12.6 Å². The van der Waals surface area contributed by atoms with E-state index in [1.165, 1.54) is 11.6 Å². The molecule has 0 unspecified atom stereocenters. The molecule has 2 aromatic rings. The maximum atomic E-state index is 12.5. The lowest BCUT2D eigenvalue weighted by molar-refractivity contribution is -0.0504. The smallest absolute Gasteiger partial charge is 0.387 e. The predicted octanol–water partition coefficient (Wildman–Crippen LogP) is 4.13. The Morgan fingerprint density at radius 3 is 2.07 bits per heavy atom. The second kappa shape index (κ2) is 11.2. The molecule has 28 heavy (non-hydrogen) atoms. The van der Waals surface area contributed by atoms with Gasteiger partial charge in [0.05, 0.1) is 0 Å². The van der Waals surface area contributed by atoms with Crippen molar-refractivity contribution in [3.63, 3.8) is 0 Å². The van der Waals surface area contributed by atoms with E-state index < -0.39 is 6.61 Å². The number of hydrogen-bond donors (Lipinski definition) is 2. The Bertz CT molecular complexity index is 752. The van der Waals surface area contributed by atoms with Gasteiger partial charge in [-0.25, -0.2) is 4.79 Å². The molecule has 2 aromatic carbocycles. The number of carbonyl (C=O) groups excluding carboxylic acids is 1. The van der Waals surface area contributed by atoms with Crippen molar-refractivity contribution in [2.45, 2.75) is 40.1 Å². The van der Waals surface area contributed by atoms with Crippen molar-refractivity contribution in [3.05, 3.63) is 65.2 Å². The minimum Gasteiger partial charge on any atom is -0.434 e. The summed E-state index contributed by atoms with van der Waals surface area (Å²) in [7, 11) is 0. The number of rotatable bonds is 10.